The monoisotopic (exact) mass is 315 g/mol. The third kappa shape index (κ3) is 2.31. The highest BCUT2D eigenvalue weighted by Crippen LogP contribution is 2.29. The van der Waals surface area contributed by atoms with E-state index in [0.29, 0.717) is 0 Å². The zero-order valence-corrected chi connectivity index (χ0v) is 12.1. The number of nitrogens with two attached hydrogens (primary N) is 1. The molecule has 0 fully saturated rings. The molecule has 96 valence electrons. The average Bonchev–Trinajstić information content (AvgIpc) is 2.81. The Morgan fingerprint density at radius 1 is 1.11 bits per heavy atom. The van der Waals surface area contributed by atoms with Gasteiger partial charge in [0.2, 0.25) is 0 Å². The van der Waals surface area contributed by atoms with Crippen molar-refractivity contribution in [2.45, 2.75) is 13.0 Å². The quantitative estimate of drug-likeness (QED) is 0.753. The molecule has 2 nitrogen and oxygen atoms in total. The van der Waals surface area contributed by atoms with Crippen molar-refractivity contribution in [3.8, 4) is 0 Å². The molecule has 3 rings (SSSR count). The summed E-state index contributed by atoms with van der Waals surface area (Å²) in [5.41, 5.74) is 9.44. The molecule has 0 spiro atoms. The molecule has 2 aromatic carbocycles. The van der Waals surface area contributed by atoms with Gasteiger partial charge in [0.1, 0.15) is 11.3 Å². The van der Waals surface area contributed by atoms with E-state index in [1.54, 1.807) is 0 Å². The lowest BCUT2D eigenvalue weighted by Gasteiger charge is -2.12. The van der Waals surface area contributed by atoms with Gasteiger partial charge in [-0.25, -0.2) is 0 Å². The maximum atomic E-state index is 6.32. The normalized spacial score (nSPS) is 12.8. The van der Waals surface area contributed by atoms with Gasteiger partial charge in [-0.15, -0.1) is 0 Å². The smallest absolute Gasteiger partial charge is 0.134 e. The van der Waals surface area contributed by atoms with E-state index in [1.807, 2.05) is 42.5 Å². The van der Waals surface area contributed by atoms with E-state index in [1.165, 1.54) is 0 Å². The van der Waals surface area contributed by atoms with Crippen molar-refractivity contribution < 1.29 is 4.42 Å². The highest BCUT2D eigenvalue weighted by atomic mass is 79.9. The molecule has 0 aliphatic carbocycles. The number of aryl methyl sites for hydroxylation is 1. The van der Waals surface area contributed by atoms with E-state index >= 15 is 0 Å². The van der Waals surface area contributed by atoms with Crippen LogP contribution in [0.3, 0.4) is 0 Å². The van der Waals surface area contributed by atoms with Gasteiger partial charge in [0.15, 0.2) is 0 Å². The molecule has 1 atom stereocenters. The molecule has 1 unspecified atom stereocenters. The molecule has 0 bridgehead atoms. The Balaban J connectivity index is 2.05. The fraction of sp³-hybridized carbons (Fsp3) is 0.125. The van der Waals surface area contributed by atoms with Gasteiger partial charge in [-0.05, 0) is 42.3 Å². The minimum atomic E-state index is -0.236. The third-order valence-corrected chi connectivity index (χ3v) is 3.81. The molecular formula is C16H14BrNO. The van der Waals surface area contributed by atoms with Crippen LogP contribution in [0.4, 0.5) is 0 Å². The van der Waals surface area contributed by atoms with Crippen molar-refractivity contribution in [3.63, 3.8) is 0 Å². The third-order valence-electron chi connectivity index (χ3n) is 3.32. The van der Waals surface area contributed by atoms with Gasteiger partial charge in [0, 0.05) is 9.86 Å². The molecule has 3 heteroatoms. The van der Waals surface area contributed by atoms with Crippen LogP contribution in [-0.4, -0.2) is 0 Å². The zero-order valence-electron chi connectivity index (χ0n) is 10.6. The summed E-state index contributed by atoms with van der Waals surface area (Å²) in [4.78, 5) is 0. The van der Waals surface area contributed by atoms with Crippen molar-refractivity contribution >= 4 is 26.9 Å². The number of hydrogen-bond acceptors (Lipinski definition) is 2. The lowest BCUT2D eigenvalue weighted by Crippen LogP contribution is -2.12. The van der Waals surface area contributed by atoms with Gasteiger partial charge >= 0.3 is 0 Å². The molecule has 0 aliphatic rings. The number of fused-ring (bicyclic) bond motifs is 1. The summed E-state index contributed by atoms with van der Waals surface area (Å²) in [6.07, 6.45) is 0. The minimum Gasteiger partial charge on any atom is -0.459 e. The fourth-order valence-corrected chi connectivity index (χ4v) is 2.77. The molecule has 19 heavy (non-hydrogen) atoms. The van der Waals surface area contributed by atoms with Gasteiger partial charge in [0.05, 0.1) is 6.04 Å². The Labute approximate surface area is 120 Å². The second-order valence-electron chi connectivity index (χ2n) is 4.67. The predicted molar refractivity (Wildman–Crippen MR) is 81.1 cm³/mol. The highest BCUT2D eigenvalue weighted by Gasteiger charge is 2.16. The van der Waals surface area contributed by atoms with Crippen molar-refractivity contribution in [1.82, 2.24) is 0 Å². The Hall–Kier alpha value is -1.58. The SMILES string of the molecule is Cc1cc(Br)ccc1C(N)c1cc2ccccc2o1. The van der Waals surface area contributed by atoms with Crippen LogP contribution in [0.15, 0.2) is 57.4 Å². The number of para-hydroxylation sites is 1. The average molecular weight is 316 g/mol. The molecule has 0 aliphatic heterocycles. The summed E-state index contributed by atoms with van der Waals surface area (Å²) < 4.78 is 6.89. The minimum absolute atomic E-state index is 0.236. The Kier molecular flexibility index (Phi) is 3.17. The molecule has 0 saturated heterocycles. The molecule has 2 N–H and O–H groups in total. The number of benzene rings is 2. The topological polar surface area (TPSA) is 39.2 Å². The summed E-state index contributed by atoms with van der Waals surface area (Å²) in [7, 11) is 0. The van der Waals surface area contributed by atoms with Crippen LogP contribution in [-0.2, 0) is 0 Å². The highest BCUT2D eigenvalue weighted by molar-refractivity contribution is 9.10. The van der Waals surface area contributed by atoms with Crippen LogP contribution in [0.5, 0.6) is 0 Å². The molecule has 0 radical (unpaired) electrons. The van der Waals surface area contributed by atoms with Crippen LogP contribution in [0.2, 0.25) is 0 Å². The molecule has 1 aromatic heterocycles. The molecule has 1 heterocycles. The number of halogens is 1. The summed E-state index contributed by atoms with van der Waals surface area (Å²) >= 11 is 3.47. The van der Waals surface area contributed by atoms with Crippen molar-refractivity contribution in [1.29, 1.82) is 0 Å². The molecule has 0 amide bonds. The van der Waals surface area contributed by atoms with Crippen molar-refractivity contribution in [2.24, 2.45) is 5.73 Å². The second-order valence-corrected chi connectivity index (χ2v) is 5.58. The van der Waals surface area contributed by atoms with E-state index < -0.39 is 0 Å². The molecule has 0 saturated carbocycles. The molecular weight excluding hydrogens is 302 g/mol. The Bertz CT molecular complexity index is 699. The first-order valence-corrected chi connectivity index (χ1v) is 6.94. The van der Waals surface area contributed by atoms with Crippen molar-refractivity contribution in [2.75, 3.05) is 0 Å². The van der Waals surface area contributed by atoms with Gasteiger partial charge in [-0.2, -0.15) is 0 Å². The van der Waals surface area contributed by atoms with Crippen LogP contribution in [0, 0.1) is 6.92 Å². The van der Waals surface area contributed by atoms with Crippen LogP contribution < -0.4 is 5.73 Å². The number of furan rings is 1. The van der Waals surface area contributed by atoms with E-state index in [0.717, 1.165) is 32.3 Å². The summed E-state index contributed by atoms with van der Waals surface area (Å²) in [6.45, 7) is 2.06. The van der Waals surface area contributed by atoms with Crippen molar-refractivity contribution in [3.05, 3.63) is 69.9 Å². The Morgan fingerprint density at radius 3 is 2.63 bits per heavy atom. The first-order chi connectivity index (χ1) is 9.15. The van der Waals surface area contributed by atoms with Crippen LogP contribution in [0.1, 0.15) is 22.9 Å². The van der Waals surface area contributed by atoms with Gasteiger partial charge < -0.3 is 10.2 Å². The fourth-order valence-electron chi connectivity index (χ4n) is 2.30. The number of hydrogen-bond donors (Lipinski definition) is 1. The Morgan fingerprint density at radius 2 is 1.89 bits per heavy atom. The summed E-state index contributed by atoms with van der Waals surface area (Å²) in [5, 5.41) is 1.09. The first-order valence-electron chi connectivity index (χ1n) is 6.15. The van der Waals surface area contributed by atoms with E-state index in [9.17, 15) is 0 Å². The maximum Gasteiger partial charge on any atom is 0.134 e. The largest absolute Gasteiger partial charge is 0.459 e. The summed E-state index contributed by atoms with van der Waals surface area (Å²) in [6, 6.07) is 15.8. The number of rotatable bonds is 2. The van der Waals surface area contributed by atoms with Crippen LogP contribution in [0.25, 0.3) is 11.0 Å². The van der Waals surface area contributed by atoms with Gasteiger partial charge in [-0.3, -0.25) is 0 Å². The first kappa shape index (κ1) is 12.5. The van der Waals surface area contributed by atoms with E-state index in [4.69, 9.17) is 10.2 Å². The standard InChI is InChI=1S/C16H14BrNO/c1-10-8-12(17)6-7-13(10)16(18)15-9-11-4-2-3-5-14(11)19-15/h2-9,16H,18H2,1H3. The van der Waals surface area contributed by atoms with Crippen LogP contribution >= 0.6 is 15.9 Å². The zero-order chi connectivity index (χ0) is 13.4. The lowest BCUT2D eigenvalue weighted by molar-refractivity contribution is 0.524. The lowest BCUT2D eigenvalue weighted by atomic mass is 10.00. The van der Waals surface area contributed by atoms with E-state index in [-0.39, 0.29) is 6.04 Å². The predicted octanol–water partition coefficient (Wildman–Crippen LogP) is 4.55. The maximum absolute atomic E-state index is 6.32. The second kappa shape index (κ2) is 4.83. The summed E-state index contributed by atoms with van der Waals surface area (Å²) in [5.74, 6) is 0.798. The van der Waals surface area contributed by atoms with Gasteiger partial charge in [-0.1, -0.05) is 40.2 Å². The van der Waals surface area contributed by atoms with E-state index in [2.05, 4.69) is 28.9 Å². The van der Waals surface area contributed by atoms with Gasteiger partial charge in [0.25, 0.3) is 0 Å². The molecule has 3 aromatic rings.